The van der Waals surface area contributed by atoms with E-state index in [1.165, 1.54) is 14.2 Å². The van der Waals surface area contributed by atoms with Gasteiger partial charge in [0, 0.05) is 0 Å². The van der Waals surface area contributed by atoms with Crippen molar-refractivity contribution in [2.75, 3.05) is 20.8 Å². The molecule has 0 aliphatic carbocycles. The molecule has 2 rings (SSSR count). The van der Waals surface area contributed by atoms with Crippen LogP contribution in [-0.4, -0.2) is 37.6 Å². The van der Waals surface area contributed by atoms with Gasteiger partial charge < -0.3 is 14.8 Å². The second kappa shape index (κ2) is 5.32. The molecule has 110 valence electrons. The van der Waals surface area contributed by atoms with Crippen LogP contribution in [0.1, 0.15) is 12.5 Å². The van der Waals surface area contributed by atoms with Crippen LogP contribution in [0, 0.1) is 11.3 Å². The maximum Gasteiger partial charge on any atom is 0.326 e. The summed E-state index contributed by atoms with van der Waals surface area (Å²) < 4.78 is 10.3. The second-order valence-electron chi connectivity index (χ2n) is 4.67. The first kappa shape index (κ1) is 14.7. The number of methoxy groups -OCH3 is 2. The lowest BCUT2D eigenvalue weighted by molar-refractivity contribution is -0.130. The van der Waals surface area contributed by atoms with Crippen molar-refractivity contribution in [2.45, 2.75) is 12.5 Å². The number of hydrogen-bond donors (Lipinski definition) is 1. The van der Waals surface area contributed by atoms with Crippen LogP contribution >= 0.6 is 0 Å². The number of rotatable bonds is 4. The Hall–Kier alpha value is -2.75. The van der Waals surface area contributed by atoms with Gasteiger partial charge in [-0.25, -0.2) is 9.69 Å². The molecule has 21 heavy (non-hydrogen) atoms. The van der Waals surface area contributed by atoms with Crippen LogP contribution in [0.25, 0.3) is 0 Å². The monoisotopic (exact) mass is 289 g/mol. The van der Waals surface area contributed by atoms with Gasteiger partial charge in [0.05, 0.1) is 20.3 Å². The van der Waals surface area contributed by atoms with E-state index < -0.39 is 17.5 Å². The van der Waals surface area contributed by atoms with E-state index in [1.54, 1.807) is 31.2 Å². The molecule has 0 unspecified atom stereocenters. The third-order valence-electron chi connectivity index (χ3n) is 3.46. The van der Waals surface area contributed by atoms with Crippen molar-refractivity contribution in [1.29, 1.82) is 5.26 Å². The zero-order valence-corrected chi connectivity index (χ0v) is 12.0. The zero-order chi connectivity index (χ0) is 15.6. The number of urea groups is 1. The van der Waals surface area contributed by atoms with Gasteiger partial charge in [0.25, 0.3) is 5.91 Å². The molecule has 0 spiro atoms. The van der Waals surface area contributed by atoms with Crippen LogP contribution < -0.4 is 14.8 Å². The molecule has 3 amide bonds. The summed E-state index contributed by atoms with van der Waals surface area (Å²) >= 11 is 0. The molecule has 1 N–H and O–H groups in total. The quantitative estimate of drug-likeness (QED) is 0.659. The Kier molecular flexibility index (Phi) is 3.72. The Morgan fingerprint density at radius 2 is 1.95 bits per heavy atom. The fourth-order valence-electron chi connectivity index (χ4n) is 2.25. The molecular formula is C14H15N3O4. The topological polar surface area (TPSA) is 91.7 Å². The summed E-state index contributed by atoms with van der Waals surface area (Å²) in [6.07, 6.45) is 0. The minimum atomic E-state index is -1.23. The Balaban J connectivity index is 2.44. The number of nitrogens with one attached hydrogen (secondary N) is 1. The van der Waals surface area contributed by atoms with Crippen LogP contribution in [0.15, 0.2) is 18.2 Å². The number of benzene rings is 1. The minimum Gasteiger partial charge on any atom is -0.493 e. The smallest absolute Gasteiger partial charge is 0.326 e. The van der Waals surface area contributed by atoms with Crippen molar-refractivity contribution < 1.29 is 19.1 Å². The standard InChI is InChI=1S/C14H15N3O4/c1-14(12(18)17(7-6-15)13(19)16-14)9-4-5-10(20-2)11(8-9)21-3/h4-5,8H,7H2,1-3H3,(H,16,19)/t14-/m0/s1. The molecule has 1 aromatic rings. The summed E-state index contributed by atoms with van der Waals surface area (Å²) in [7, 11) is 3.00. The molecule has 0 saturated carbocycles. The average molecular weight is 289 g/mol. The van der Waals surface area contributed by atoms with Gasteiger partial charge in [0.2, 0.25) is 0 Å². The minimum absolute atomic E-state index is 0.284. The molecular weight excluding hydrogens is 274 g/mol. The third-order valence-corrected chi connectivity index (χ3v) is 3.46. The third kappa shape index (κ3) is 2.25. The summed E-state index contributed by atoms with van der Waals surface area (Å²) in [6.45, 7) is 1.30. The van der Waals surface area contributed by atoms with Crippen molar-refractivity contribution >= 4 is 11.9 Å². The number of imide groups is 1. The van der Waals surface area contributed by atoms with Gasteiger partial charge >= 0.3 is 6.03 Å². The molecule has 0 bridgehead atoms. The van der Waals surface area contributed by atoms with Crippen molar-refractivity contribution in [1.82, 2.24) is 10.2 Å². The summed E-state index contributed by atoms with van der Waals surface area (Å²) in [6, 6.07) is 6.18. The molecule has 7 heteroatoms. The highest BCUT2D eigenvalue weighted by Gasteiger charge is 2.49. The fraction of sp³-hybridized carbons (Fsp3) is 0.357. The Morgan fingerprint density at radius 3 is 2.52 bits per heavy atom. The average Bonchev–Trinajstić information content (AvgIpc) is 2.71. The Morgan fingerprint density at radius 1 is 1.29 bits per heavy atom. The van der Waals surface area contributed by atoms with Gasteiger partial charge in [-0.05, 0) is 24.6 Å². The van der Waals surface area contributed by atoms with Crippen LogP contribution in [0.3, 0.4) is 0 Å². The zero-order valence-electron chi connectivity index (χ0n) is 12.0. The number of carbonyl (C=O) groups is 2. The predicted octanol–water partition coefficient (Wildman–Crippen LogP) is 0.994. The van der Waals surface area contributed by atoms with Crippen molar-refractivity contribution in [3.05, 3.63) is 23.8 Å². The van der Waals surface area contributed by atoms with Crippen molar-refractivity contribution in [3.8, 4) is 17.6 Å². The SMILES string of the molecule is COc1ccc([C@]2(C)NC(=O)N(CC#N)C2=O)cc1OC. The normalized spacial score (nSPS) is 21.0. The molecule has 7 nitrogen and oxygen atoms in total. The maximum absolute atomic E-state index is 12.4. The largest absolute Gasteiger partial charge is 0.493 e. The fourth-order valence-corrected chi connectivity index (χ4v) is 2.25. The molecule has 1 aliphatic heterocycles. The van der Waals surface area contributed by atoms with E-state index in [4.69, 9.17) is 14.7 Å². The second-order valence-corrected chi connectivity index (χ2v) is 4.67. The van der Waals surface area contributed by atoms with Gasteiger partial charge in [0.1, 0.15) is 12.1 Å². The number of ether oxygens (including phenoxy) is 2. The first-order valence-corrected chi connectivity index (χ1v) is 6.21. The molecule has 1 aliphatic rings. The summed E-state index contributed by atoms with van der Waals surface area (Å²) in [5.74, 6) is 0.508. The van der Waals surface area contributed by atoms with Crippen LogP contribution in [0.2, 0.25) is 0 Å². The first-order valence-electron chi connectivity index (χ1n) is 6.21. The lowest BCUT2D eigenvalue weighted by Gasteiger charge is -2.23. The number of carbonyl (C=O) groups excluding carboxylic acids is 2. The first-order chi connectivity index (χ1) is 9.97. The van der Waals surface area contributed by atoms with E-state index in [0.29, 0.717) is 17.1 Å². The Bertz CT molecular complexity index is 638. The van der Waals surface area contributed by atoms with Crippen LogP contribution in [0.4, 0.5) is 4.79 Å². The van der Waals surface area contributed by atoms with E-state index in [1.807, 2.05) is 0 Å². The highest BCUT2D eigenvalue weighted by atomic mass is 16.5. The van der Waals surface area contributed by atoms with E-state index in [0.717, 1.165) is 4.90 Å². The molecule has 0 radical (unpaired) electrons. The maximum atomic E-state index is 12.4. The predicted molar refractivity (Wildman–Crippen MR) is 72.8 cm³/mol. The summed E-state index contributed by atoms with van der Waals surface area (Å²) in [4.78, 5) is 25.1. The van der Waals surface area contributed by atoms with Crippen LogP contribution in [0.5, 0.6) is 11.5 Å². The van der Waals surface area contributed by atoms with E-state index >= 15 is 0 Å². The number of amides is 3. The Labute approximate surface area is 122 Å². The van der Waals surface area contributed by atoms with Crippen LogP contribution in [-0.2, 0) is 10.3 Å². The van der Waals surface area contributed by atoms with E-state index in [-0.39, 0.29) is 6.54 Å². The van der Waals surface area contributed by atoms with E-state index in [9.17, 15) is 9.59 Å². The molecule has 1 saturated heterocycles. The lowest BCUT2D eigenvalue weighted by Crippen LogP contribution is -2.40. The summed E-state index contributed by atoms with van der Waals surface area (Å²) in [5, 5.41) is 11.3. The van der Waals surface area contributed by atoms with Gasteiger partial charge in [-0.3, -0.25) is 4.79 Å². The molecule has 1 heterocycles. The van der Waals surface area contributed by atoms with Gasteiger partial charge in [-0.1, -0.05) is 6.07 Å². The van der Waals surface area contributed by atoms with Gasteiger partial charge in [-0.2, -0.15) is 5.26 Å². The number of nitriles is 1. The highest BCUT2D eigenvalue weighted by Crippen LogP contribution is 2.35. The van der Waals surface area contributed by atoms with E-state index in [2.05, 4.69) is 5.32 Å². The van der Waals surface area contributed by atoms with Crippen molar-refractivity contribution in [3.63, 3.8) is 0 Å². The lowest BCUT2D eigenvalue weighted by atomic mass is 9.91. The van der Waals surface area contributed by atoms with Gasteiger partial charge in [0.15, 0.2) is 11.5 Å². The molecule has 0 aromatic heterocycles. The number of nitrogens with zero attached hydrogens (tertiary/aromatic N) is 2. The molecule has 1 aromatic carbocycles. The molecule has 1 atom stereocenters. The van der Waals surface area contributed by atoms with Gasteiger partial charge in [-0.15, -0.1) is 0 Å². The number of hydrogen-bond acceptors (Lipinski definition) is 5. The molecule has 1 fully saturated rings. The summed E-state index contributed by atoms with van der Waals surface area (Å²) in [5.41, 5.74) is -0.674. The highest BCUT2D eigenvalue weighted by molar-refractivity contribution is 6.07. The van der Waals surface area contributed by atoms with Crippen molar-refractivity contribution in [2.24, 2.45) is 0 Å².